The maximum absolute atomic E-state index is 11.1. The van der Waals surface area contributed by atoms with Crippen LogP contribution in [0.5, 0.6) is 0 Å². The molecular weight excluding hydrogens is 370 g/mol. The van der Waals surface area contributed by atoms with Crippen LogP contribution >= 0.6 is 0 Å². The highest BCUT2D eigenvalue weighted by molar-refractivity contribution is 5.60. The largest absolute Gasteiger partial charge is 1.00 e. The van der Waals surface area contributed by atoms with Crippen molar-refractivity contribution in [1.82, 2.24) is 9.78 Å². The number of azo groups is 1. The lowest BCUT2D eigenvalue weighted by Gasteiger charge is -2.03. The Bertz CT molecular complexity index is 1000. The number of aryl methyl sites for hydroxylation is 2. The fourth-order valence-corrected chi connectivity index (χ4v) is 2.48. The van der Waals surface area contributed by atoms with Gasteiger partial charge in [-0.1, -0.05) is 6.07 Å². The van der Waals surface area contributed by atoms with Gasteiger partial charge < -0.3 is 18.1 Å². The molecule has 0 atom stereocenters. The summed E-state index contributed by atoms with van der Waals surface area (Å²) in [7, 11) is 1.93. The third kappa shape index (κ3) is 4.64. The summed E-state index contributed by atoms with van der Waals surface area (Å²) in [6, 6.07) is 8.66. The second-order valence-electron chi connectivity index (χ2n) is 5.90. The van der Waals surface area contributed by atoms with E-state index in [0.717, 1.165) is 11.1 Å². The van der Waals surface area contributed by atoms with Crippen LogP contribution in [0.15, 0.2) is 59.2 Å². The van der Waals surface area contributed by atoms with Gasteiger partial charge in [-0.15, -0.1) is 10.2 Å². The van der Waals surface area contributed by atoms with E-state index in [9.17, 15) is 10.1 Å². The summed E-state index contributed by atoms with van der Waals surface area (Å²) in [5.74, 6) is 0.343. The number of nitrogens with two attached hydrogens (primary N) is 1. The van der Waals surface area contributed by atoms with Gasteiger partial charge in [0.1, 0.15) is 18.6 Å². The van der Waals surface area contributed by atoms with Crippen molar-refractivity contribution in [3.63, 3.8) is 0 Å². The number of nitrogen functional groups attached to an aromatic ring is 1. The first kappa shape index (κ1) is 20.0. The molecule has 3 rings (SSSR count). The monoisotopic (exact) mass is 387 g/mol. The number of nitro benzene ring substituents is 1. The Hall–Kier alpha value is -3.33. The minimum Gasteiger partial charge on any atom is -1.00 e. The van der Waals surface area contributed by atoms with E-state index < -0.39 is 4.92 Å². The van der Waals surface area contributed by atoms with Crippen LogP contribution in [0.1, 0.15) is 11.1 Å². The molecule has 0 aliphatic heterocycles. The summed E-state index contributed by atoms with van der Waals surface area (Å²) in [6.07, 6.45) is 5.39. The van der Waals surface area contributed by atoms with E-state index in [-0.39, 0.29) is 23.8 Å². The molecule has 0 amide bonds. The van der Waals surface area contributed by atoms with Crippen molar-refractivity contribution in [2.45, 2.75) is 13.5 Å². The Labute approximate surface area is 161 Å². The first-order valence-electron chi connectivity index (χ1n) is 7.86. The lowest BCUT2D eigenvalue weighted by Crippen LogP contribution is -3.00. The van der Waals surface area contributed by atoms with Gasteiger partial charge in [-0.3, -0.25) is 10.1 Å². The van der Waals surface area contributed by atoms with Gasteiger partial charge in [-0.05, 0) is 24.6 Å². The molecule has 2 aromatic heterocycles. The van der Waals surface area contributed by atoms with Crippen LogP contribution in [-0.4, -0.2) is 14.7 Å². The molecule has 0 aliphatic rings. The Morgan fingerprint density at radius 2 is 2.04 bits per heavy atom. The maximum atomic E-state index is 11.1. The molecule has 0 saturated heterocycles. The van der Waals surface area contributed by atoms with Crippen molar-refractivity contribution in [3.05, 3.63) is 70.2 Å². The average molecular weight is 388 g/mol. The van der Waals surface area contributed by atoms with Gasteiger partial charge >= 0.3 is 0 Å². The predicted molar refractivity (Wildman–Crippen MR) is 95.4 cm³/mol. The number of rotatable bonds is 5. The lowest BCUT2D eigenvalue weighted by atomic mass is 10.2. The first-order chi connectivity index (χ1) is 12.4. The SMILES string of the molecule is Cc1ccc(N=Nc2cnn(Cc3ccc[n+](C)c3)c2N)c([N+](=O)[O-])c1.[Cl-]. The molecule has 10 heteroatoms. The zero-order valence-corrected chi connectivity index (χ0v) is 15.5. The number of nitro groups is 1. The molecule has 0 unspecified atom stereocenters. The van der Waals surface area contributed by atoms with Crippen LogP contribution in [0.25, 0.3) is 0 Å². The van der Waals surface area contributed by atoms with Gasteiger partial charge in [0, 0.05) is 17.7 Å². The highest BCUT2D eigenvalue weighted by Gasteiger charge is 2.14. The minimum absolute atomic E-state index is 0. The Morgan fingerprint density at radius 1 is 1.30 bits per heavy atom. The summed E-state index contributed by atoms with van der Waals surface area (Å²) in [4.78, 5) is 10.7. The van der Waals surface area contributed by atoms with Gasteiger partial charge in [-0.2, -0.15) is 5.10 Å². The number of pyridine rings is 1. The molecule has 0 fully saturated rings. The van der Waals surface area contributed by atoms with E-state index in [1.807, 2.05) is 36.1 Å². The molecule has 2 heterocycles. The molecule has 1 aromatic carbocycles. The van der Waals surface area contributed by atoms with Crippen molar-refractivity contribution >= 4 is 22.9 Å². The van der Waals surface area contributed by atoms with Gasteiger partial charge in [0.25, 0.3) is 5.69 Å². The molecule has 0 aliphatic carbocycles. The molecule has 0 spiro atoms. The van der Waals surface area contributed by atoms with E-state index >= 15 is 0 Å². The third-order valence-corrected chi connectivity index (χ3v) is 3.79. The summed E-state index contributed by atoms with van der Waals surface area (Å²) in [5.41, 5.74) is 8.32. The zero-order valence-electron chi connectivity index (χ0n) is 14.8. The Kier molecular flexibility index (Phi) is 6.19. The van der Waals surface area contributed by atoms with Crippen LogP contribution in [0.4, 0.5) is 22.9 Å². The van der Waals surface area contributed by atoms with E-state index in [1.54, 1.807) is 23.7 Å². The second kappa shape index (κ2) is 8.37. The van der Waals surface area contributed by atoms with E-state index in [4.69, 9.17) is 5.73 Å². The van der Waals surface area contributed by atoms with Crippen LogP contribution in [0.2, 0.25) is 0 Å². The molecule has 2 N–H and O–H groups in total. The number of anilines is 1. The predicted octanol–water partition coefficient (Wildman–Crippen LogP) is -0.0259. The van der Waals surface area contributed by atoms with Crippen molar-refractivity contribution < 1.29 is 21.9 Å². The number of nitrogens with zero attached hydrogens (tertiary/aromatic N) is 6. The number of benzene rings is 1. The Balaban J connectivity index is 0.00000261. The standard InChI is InChI=1S/C17H18N7O2.ClH/c1-12-5-6-14(16(8-12)24(25)26)20-21-15-9-19-23(17(15)18)11-13-4-3-7-22(2)10-13;/h3-10H,11,18H2,1-2H3;1H/q+1;/p-1. The topological polar surface area (TPSA) is 116 Å². The molecule has 0 bridgehead atoms. The maximum Gasteiger partial charge on any atom is 0.296 e. The third-order valence-electron chi connectivity index (χ3n) is 3.79. The number of hydrogen-bond acceptors (Lipinski definition) is 6. The van der Waals surface area contributed by atoms with Gasteiger partial charge in [-0.25, -0.2) is 9.25 Å². The fourth-order valence-electron chi connectivity index (χ4n) is 2.48. The highest BCUT2D eigenvalue weighted by atomic mass is 35.5. The van der Waals surface area contributed by atoms with Crippen molar-refractivity contribution in [3.8, 4) is 0 Å². The number of aromatic nitrogens is 3. The molecule has 140 valence electrons. The fraction of sp³-hybridized carbons (Fsp3) is 0.176. The van der Waals surface area contributed by atoms with Crippen molar-refractivity contribution in [2.75, 3.05) is 5.73 Å². The highest BCUT2D eigenvalue weighted by Crippen LogP contribution is 2.31. The summed E-state index contributed by atoms with van der Waals surface area (Å²) >= 11 is 0. The van der Waals surface area contributed by atoms with Gasteiger partial charge in [0.2, 0.25) is 0 Å². The van der Waals surface area contributed by atoms with Gasteiger partial charge in [0.15, 0.2) is 18.1 Å². The van der Waals surface area contributed by atoms with Crippen LogP contribution in [0.3, 0.4) is 0 Å². The van der Waals surface area contributed by atoms with E-state index in [0.29, 0.717) is 18.1 Å². The van der Waals surface area contributed by atoms with Gasteiger partial charge in [0.05, 0.1) is 17.7 Å². The first-order valence-corrected chi connectivity index (χ1v) is 7.86. The summed E-state index contributed by atoms with van der Waals surface area (Å²) in [5, 5.41) is 23.4. The normalized spacial score (nSPS) is 10.7. The number of hydrogen-bond donors (Lipinski definition) is 1. The summed E-state index contributed by atoms with van der Waals surface area (Å²) in [6.45, 7) is 2.26. The molecule has 27 heavy (non-hydrogen) atoms. The lowest BCUT2D eigenvalue weighted by molar-refractivity contribution is -0.671. The van der Waals surface area contributed by atoms with Crippen LogP contribution in [0, 0.1) is 17.0 Å². The molecular formula is C17H18ClN7O2. The van der Waals surface area contributed by atoms with Crippen molar-refractivity contribution in [2.24, 2.45) is 17.3 Å². The quantitative estimate of drug-likeness (QED) is 0.286. The summed E-state index contributed by atoms with van der Waals surface area (Å²) < 4.78 is 3.54. The smallest absolute Gasteiger partial charge is 0.296 e. The molecule has 3 aromatic rings. The molecule has 0 saturated carbocycles. The zero-order chi connectivity index (χ0) is 18.7. The van der Waals surface area contributed by atoms with Crippen molar-refractivity contribution in [1.29, 1.82) is 0 Å². The second-order valence-corrected chi connectivity index (χ2v) is 5.90. The van der Waals surface area contributed by atoms with E-state index in [2.05, 4.69) is 15.3 Å². The minimum atomic E-state index is -0.483. The number of halogens is 1. The Morgan fingerprint density at radius 3 is 2.74 bits per heavy atom. The van der Waals surface area contributed by atoms with Crippen LogP contribution < -0.4 is 22.7 Å². The van der Waals surface area contributed by atoms with E-state index in [1.165, 1.54) is 12.3 Å². The molecule has 9 nitrogen and oxygen atoms in total. The van der Waals surface area contributed by atoms with Crippen LogP contribution in [-0.2, 0) is 13.6 Å². The molecule has 0 radical (unpaired) electrons. The average Bonchev–Trinajstić information content (AvgIpc) is 2.94.